The molecule has 0 aromatic carbocycles. The third-order valence-electron chi connectivity index (χ3n) is 12.0. The van der Waals surface area contributed by atoms with Gasteiger partial charge in [-0.15, -0.1) is 0 Å². The number of unbranched alkanes of at least 4 members (excludes halogenated alkanes) is 28. The van der Waals surface area contributed by atoms with E-state index in [1.54, 1.807) is 21.1 Å². The van der Waals surface area contributed by atoms with Gasteiger partial charge < -0.3 is 28.6 Å². The van der Waals surface area contributed by atoms with Crippen LogP contribution in [0.25, 0.3) is 0 Å². The lowest BCUT2D eigenvalue weighted by Gasteiger charge is -2.34. The first kappa shape index (κ1) is 60.5. The van der Waals surface area contributed by atoms with Crippen molar-refractivity contribution in [3.05, 3.63) is 36.5 Å². The molecule has 0 rings (SSSR count). The molecule has 0 aromatic rings. The van der Waals surface area contributed by atoms with Crippen molar-refractivity contribution in [2.45, 2.75) is 257 Å². The van der Waals surface area contributed by atoms with Crippen molar-refractivity contribution in [2.24, 2.45) is 0 Å². The van der Waals surface area contributed by atoms with Crippen molar-refractivity contribution in [1.29, 1.82) is 0 Å². The van der Waals surface area contributed by atoms with Crippen molar-refractivity contribution in [3.63, 3.8) is 0 Å². The third kappa shape index (κ3) is 44.5. The highest BCUT2D eigenvalue weighted by Crippen LogP contribution is 2.17. The summed E-state index contributed by atoms with van der Waals surface area (Å²) in [6.45, 7) is 4.58. The number of ether oxygens (including phenoxy) is 3. The van der Waals surface area contributed by atoms with Crippen molar-refractivity contribution in [2.75, 3.05) is 41.0 Å². The Labute approximate surface area is 389 Å². The van der Waals surface area contributed by atoms with Crippen LogP contribution >= 0.6 is 0 Å². The van der Waals surface area contributed by atoms with Gasteiger partial charge in [0.25, 0.3) is 0 Å². The second-order valence-electron chi connectivity index (χ2n) is 19.1. The van der Waals surface area contributed by atoms with Crippen molar-refractivity contribution in [3.8, 4) is 0 Å². The monoisotopic (exact) mass is 888 g/mol. The molecule has 368 valence electrons. The molecule has 0 saturated carbocycles. The van der Waals surface area contributed by atoms with Gasteiger partial charge in [0, 0.05) is 19.3 Å². The van der Waals surface area contributed by atoms with Gasteiger partial charge >= 0.3 is 11.9 Å². The van der Waals surface area contributed by atoms with E-state index >= 15 is 0 Å². The lowest BCUT2D eigenvalue weighted by Crippen LogP contribution is -2.55. The van der Waals surface area contributed by atoms with Gasteiger partial charge in [-0.25, -0.2) is 0 Å². The summed E-state index contributed by atoms with van der Waals surface area (Å²) < 4.78 is 17.3. The lowest BCUT2D eigenvalue weighted by atomic mass is 10.0. The summed E-state index contributed by atoms with van der Waals surface area (Å²) in [7, 11) is 5.42. The average Bonchev–Trinajstić information content (AvgIpc) is 3.24. The van der Waals surface area contributed by atoms with Crippen LogP contribution in [0.3, 0.4) is 0 Å². The highest BCUT2D eigenvalue weighted by atomic mass is 16.6. The van der Waals surface area contributed by atoms with Gasteiger partial charge in [0.05, 0.1) is 40.3 Å². The Bertz CT molecular complexity index is 1130. The van der Waals surface area contributed by atoms with E-state index in [1.165, 1.54) is 148 Å². The first-order valence-electron chi connectivity index (χ1n) is 26.5. The largest absolute Gasteiger partial charge is 0.544 e. The molecule has 0 spiro atoms. The van der Waals surface area contributed by atoms with E-state index in [-0.39, 0.29) is 42.7 Å². The molecule has 0 aliphatic carbocycles. The van der Waals surface area contributed by atoms with Crippen LogP contribution in [0.4, 0.5) is 0 Å². The molecule has 2 unspecified atom stereocenters. The summed E-state index contributed by atoms with van der Waals surface area (Å²) in [5.74, 6) is -1.73. The zero-order valence-electron chi connectivity index (χ0n) is 42.0. The highest BCUT2D eigenvalue weighted by Gasteiger charge is 2.25. The number of nitrogens with zero attached hydrogens (tertiary/aromatic N) is 1. The second-order valence-corrected chi connectivity index (χ2v) is 19.1. The fraction of sp³-hybridized carbons (Fsp3) is 0.836. The molecular weight excluding hydrogens is 787 g/mol. The molecular formula is C55H101NO7. The van der Waals surface area contributed by atoms with E-state index in [2.05, 4.69) is 50.3 Å². The Hall–Kier alpha value is -2.45. The maximum Gasteiger partial charge on any atom is 0.306 e. The second kappa shape index (κ2) is 46.1. The van der Waals surface area contributed by atoms with Gasteiger partial charge in [-0.2, -0.15) is 0 Å². The molecule has 63 heavy (non-hydrogen) atoms. The van der Waals surface area contributed by atoms with E-state index in [0.717, 1.165) is 64.2 Å². The van der Waals surface area contributed by atoms with Crippen molar-refractivity contribution in [1.82, 2.24) is 0 Å². The molecule has 0 bridgehead atoms. The Morgan fingerprint density at radius 2 is 0.889 bits per heavy atom. The van der Waals surface area contributed by atoms with E-state index in [1.807, 2.05) is 0 Å². The Balaban J connectivity index is 4.18. The van der Waals surface area contributed by atoms with Gasteiger partial charge in [0.1, 0.15) is 12.6 Å². The van der Waals surface area contributed by atoms with Crippen molar-refractivity contribution >= 4 is 17.9 Å². The number of allylic oxidation sites excluding steroid dienone is 6. The molecule has 0 saturated heterocycles. The lowest BCUT2D eigenvalue weighted by molar-refractivity contribution is -0.889. The zero-order chi connectivity index (χ0) is 46.3. The van der Waals surface area contributed by atoms with Crippen LogP contribution in [-0.2, 0) is 28.6 Å². The van der Waals surface area contributed by atoms with E-state index < -0.39 is 18.1 Å². The van der Waals surface area contributed by atoms with Crippen LogP contribution in [0.2, 0.25) is 0 Å². The average molecular weight is 888 g/mol. The number of quaternary nitrogens is 1. The quantitative estimate of drug-likeness (QED) is 0.0259. The first-order valence-corrected chi connectivity index (χ1v) is 26.5. The van der Waals surface area contributed by atoms with Gasteiger partial charge in [-0.05, 0) is 44.9 Å². The predicted octanol–water partition coefficient (Wildman–Crippen LogP) is 14.0. The molecule has 2 atom stereocenters. The number of carbonyl (C=O) groups is 3. The number of hydrogen-bond acceptors (Lipinski definition) is 7. The summed E-state index contributed by atoms with van der Waals surface area (Å²) >= 11 is 0. The van der Waals surface area contributed by atoms with Gasteiger partial charge in [-0.3, -0.25) is 9.59 Å². The van der Waals surface area contributed by atoms with Gasteiger partial charge in [-0.1, -0.05) is 217 Å². The molecule has 0 aliphatic heterocycles. The normalized spacial score (nSPS) is 13.1. The van der Waals surface area contributed by atoms with Crippen LogP contribution in [0, 0.1) is 0 Å². The van der Waals surface area contributed by atoms with Gasteiger partial charge in [0.15, 0.2) is 6.10 Å². The highest BCUT2D eigenvalue weighted by molar-refractivity contribution is 5.70. The summed E-state index contributed by atoms with van der Waals surface area (Å²) in [4.78, 5) is 37.1. The standard InChI is InChI=1S/C55H101NO7/c1-6-8-10-12-14-16-18-20-22-24-25-26-27-28-30-31-33-35-37-39-41-43-45-53(57)62-50-51(49-61-48-47-52(55(59)60)56(3,4)5)63-54(58)46-44-42-40-38-36-34-32-29-23-21-19-17-15-13-11-9-7-2/h9,11,15,17,21,23,51-52H,6-8,10,12-14,16,18-20,22,24-50H2,1-5H3/b11-9-,17-15-,23-21-. The van der Waals surface area contributed by atoms with Gasteiger partial charge in [0.2, 0.25) is 0 Å². The van der Waals surface area contributed by atoms with Crippen LogP contribution in [0.5, 0.6) is 0 Å². The van der Waals surface area contributed by atoms with E-state index in [9.17, 15) is 19.5 Å². The Kier molecular flexibility index (Phi) is 44.3. The van der Waals surface area contributed by atoms with E-state index in [0.29, 0.717) is 12.8 Å². The predicted molar refractivity (Wildman–Crippen MR) is 263 cm³/mol. The number of aliphatic carboxylic acids is 1. The maximum absolute atomic E-state index is 12.8. The Morgan fingerprint density at radius 3 is 1.32 bits per heavy atom. The third-order valence-corrected chi connectivity index (χ3v) is 12.0. The van der Waals surface area contributed by atoms with Crippen molar-refractivity contribution < 1.29 is 38.2 Å². The molecule has 8 nitrogen and oxygen atoms in total. The summed E-state index contributed by atoms with van der Waals surface area (Å²) in [6.07, 6.45) is 54.7. The fourth-order valence-corrected chi connectivity index (χ4v) is 7.97. The molecule has 0 N–H and O–H groups in total. The topological polar surface area (TPSA) is 102 Å². The number of carboxylic acids is 1. The van der Waals surface area contributed by atoms with Crippen LogP contribution in [0.15, 0.2) is 36.5 Å². The number of esters is 2. The minimum Gasteiger partial charge on any atom is -0.544 e. The fourth-order valence-electron chi connectivity index (χ4n) is 7.97. The molecule has 0 radical (unpaired) electrons. The molecule has 8 heteroatoms. The number of hydrogen-bond donors (Lipinski definition) is 0. The van der Waals surface area contributed by atoms with Crippen LogP contribution < -0.4 is 5.11 Å². The number of carboxylic acid groups (broad SMARTS) is 1. The number of carbonyl (C=O) groups excluding carboxylic acids is 3. The van der Waals surface area contributed by atoms with E-state index in [4.69, 9.17) is 14.2 Å². The maximum atomic E-state index is 12.8. The molecule has 0 fully saturated rings. The van der Waals surface area contributed by atoms with Crippen LogP contribution in [0.1, 0.15) is 245 Å². The zero-order valence-corrected chi connectivity index (χ0v) is 42.0. The summed E-state index contributed by atoms with van der Waals surface area (Å²) in [6, 6.07) is -0.727. The molecule has 0 aliphatic rings. The Morgan fingerprint density at radius 1 is 0.492 bits per heavy atom. The SMILES string of the molecule is CC/C=C\C/C=C\C/C=C\CCCCCCCCCC(=O)OC(COCCC(C(=O)[O-])[N+](C)(C)C)COC(=O)CCCCCCCCCCCCCCCCCCCCCCCC. The summed E-state index contributed by atoms with van der Waals surface area (Å²) in [5.41, 5.74) is 0. The minimum atomic E-state index is -1.12. The number of rotatable bonds is 48. The molecule has 0 heterocycles. The molecule has 0 amide bonds. The smallest absolute Gasteiger partial charge is 0.306 e. The van der Waals surface area contributed by atoms with Crippen LogP contribution in [-0.4, -0.2) is 75.5 Å². The molecule has 0 aromatic heterocycles. The number of likely N-dealkylation sites (N-methyl/N-ethyl adjacent to an activating group) is 1. The minimum absolute atomic E-state index is 0.0395. The summed E-state index contributed by atoms with van der Waals surface area (Å²) in [5, 5.41) is 11.7. The first-order chi connectivity index (χ1) is 30.6.